The SMILES string of the molecule is C[C@@H]1CC[C@H]2[C@@H](C)C(OC(=O)c3cccc([N+](=O)[O-])c3)O[C@@H]3O[C@]4(C)CC[C@@H]1[C@]32OO4. The van der Waals surface area contributed by atoms with Crippen LogP contribution in [-0.4, -0.2) is 34.9 Å². The number of carbonyl (C=O) groups excluding carboxylic acids is 1. The standard InChI is InChI=1S/C22H27NO8/c1-12-7-8-17-13(2)19(27-18(24)14-5-4-6-15(11-14)23(25)26)28-20-22(17)16(12)9-10-21(3,29-20)30-31-22/h4-6,11-13,16-17,19-20H,7-10H2,1-3H3/t12-,13-,16+,17+,19?,20-,21+,22-/m1/s1. The smallest absolute Gasteiger partial charge is 0.340 e. The molecule has 2 bridgehead atoms. The van der Waals surface area contributed by atoms with Crippen molar-refractivity contribution in [3.8, 4) is 0 Å². The number of rotatable bonds is 3. The molecule has 1 aliphatic carbocycles. The van der Waals surface area contributed by atoms with Gasteiger partial charge in [0.2, 0.25) is 12.1 Å². The maximum Gasteiger partial charge on any atom is 0.340 e. The van der Waals surface area contributed by atoms with Gasteiger partial charge in [-0.15, -0.1) is 0 Å². The molecule has 1 aromatic rings. The van der Waals surface area contributed by atoms with Crippen LogP contribution in [-0.2, 0) is 24.0 Å². The van der Waals surface area contributed by atoms with Crippen molar-refractivity contribution in [2.24, 2.45) is 23.7 Å². The molecule has 8 atom stereocenters. The number of carbonyl (C=O) groups is 1. The van der Waals surface area contributed by atoms with Gasteiger partial charge in [-0.3, -0.25) is 10.1 Å². The molecule has 31 heavy (non-hydrogen) atoms. The second-order valence-corrected chi connectivity index (χ2v) is 9.49. The van der Waals surface area contributed by atoms with Crippen molar-refractivity contribution < 1.29 is 33.7 Å². The quantitative estimate of drug-likeness (QED) is 0.305. The summed E-state index contributed by atoms with van der Waals surface area (Å²) in [5, 5.41) is 11.0. The zero-order valence-corrected chi connectivity index (χ0v) is 17.8. The van der Waals surface area contributed by atoms with Gasteiger partial charge in [0.15, 0.2) is 11.9 Å². The Morgan fingerprint density at radius 2 is 2.00 bits per heavy atom. The van der Waals surface area contributed by atoms with E-state index >= 15 is 0 Å². The fourth-order valence-corrected chi connectivity index (χ4v) is 5.93. The van der Waals surface area contributed by atoms with Crippen LogP contribution < -0.4 is 0 Å². The molecule has 0 N–H and O–H groups in total. The third-order valence-corrected chi connectivity index (χ3v) is 7.61. The largest absolute Gasteiger partial charge is 0.432 e. The van der Waals surface area contributed by atoms with Crippen LogP contribution >= 0.6 is 0 Å². The van der Waals surface area contributed by atoms with Crippen LogP contribution in [0.3, 0.4) is 0 Å². The van der Waals surface area contributed by atoms with Crippen LogP contribution in [0.5, 0.6) is 0 Å². The lowest BCUT2D eigenvalue weighted by Crippen LogP contribution is -2.70. The third-order valence-electron chi connectivity index (χ3n) is 7.61. The van der Waals surface area contributed by atoms with E-state index in [-0.39, 0.29) is 29.0 Å². The number of benzene rings is 1. The minimum atomic E-state index is -0.910. The van der Waals surface area contributed by atoms with E-state index in [0.29, 0.717) is 12.3 Å². The van der Waals surface area contributed by atoms with Crippen LogP contribution in [0.25, 0.3) is 0 Å². The molecule has 1 saturated carbocycles. The molecular weight excluding hydrogens is 406 g/mol. The summed E-state index contributed by atoms with van der Waals surface area (Å²) in [5.74, 6) is -1.06. The average Bonchev–Trinajstić information content (AvgIpc) is 2.98. The molecule has 9 nitrogen and oxygen atoms in total. The lowest BCUT2D eigenvalue weighted by Gasteiger charge is -2.59. The Morgan fingerprint density at radius 3 is 2.77 bits per heavy atom. The molecular formula is C22H27NO8. The van der Waals surface area contributed by atoms with Crippen molar-refractivity contribution >= 4 is 11.7 Å². The zero-order chi connectivity index (χ0) is 22.0. The third kappa shape index (κ3) is 3.17. The summed E-state index contributed by atoms with van der Waals surface area (Å²) in [6, 6.07) is 5.49. The van der Waals surface area contributed by atoms with Gasteiger partial charge in [-0.05, 0) is 44.1 Å². The molecule has 1 unspecified atom stereocenters. The molecule has 4 heterocycles. The monoisotopic (exact) mass is 433 g/mol. The highest BCUT2D eigenvalue weighted by atomic mass is 17.3. The Balaban J connectivity index is 1.43. The second-order valence-electron chi connectivity index (χ2n) is 9.49. The number of hydrogen-bond donors (Lipinski definition) is 0. The predicted molar refractivity (Wildman–Crippen MR) is 105 cm³/mol. The average molecular weight is 433 g/mol. The molecule has 6 rings (SSSR count). The maximum absolute atomic E-state index is 12.8. The van der Waals surface area contributed by atoms with Crippen molar-refractivity contribution in [3.63, 3.8) is 0 Å². The van der Waals surface area contributed by atoms with E-state index in [4.69, 9.17) is 24.0 Å². The number of non-ortho nitro benzene ring substituents is 1. The fourth-order valence-electron chi connectivity index (χ4n) is 5.93. The summed E-state index contributed by atoms with van der Waals surface area (Å²) >= 11 is 0. The number of hydrogen-bond acceptors (Lipinski definition) is 8. The first-order valence-corrected chi connectivity index (χ1v) is 10.9. The van der Waals surface area contributed by atoms with Gasteiger partial charge in [0.25, 0.3) is 5.69 Å². The van der Waals surface area contributed by atoms with Crippen LogP contribution in [0.2, 0.25) is 0 Å². The number of ether oxygens (including phenoxy) is 3. The number of fused-ring (bicyclic) bond motifs is 2. The number of nitrogens with zero attached hydrogens (tertiary/aromatic N) is 1. The normalized spacial score (nSPS) is 43.6. The fraction of sp³-hybridized carbons (Fsp3) is 0.682. The van der Waals surface area contributed by atoms with Crippen molar-refractivity contribution in [1.29, 1.82) is 0 Å². The zero-order valence-electron chi connectivity index (χ0n) is 17.8. The summed E-state index contributed by atoms with van der Waals surface area (Å²) in [6.07, 6.45) is 1.97. The van der Waals surface area contributed by atoms with Crippen molar-refractivity contribution in [2.75, 3.05) is 0 Å². The van der Waals surface area contributed by atoms with Gasteiger partial charge >= 0.3 is 5.97 Å². The molecule has 0 amide bonds. The Hall–Kier alpha value is -2.07. The first-order chi connectivity index (χ1) is 14.7. The second kappa shape index (κ2) is 7.23. The highest BCUT2D eigenvalue weighted by Crippen LogP contribution is 2.60. The lowest BCUT2D eigenvalue weighted by atomic mass is 9.58. The van der Waals surface area contributed by atoms with Gasteiger partial charge in [0.1, 0.15) is 0 Å². The highest BCUT2D eigenvalue weighted by Gasteiger charge is 2.69. The molecule has 9 heteroatoms. The van der Waals surface area contributed by atoms with Gasteiger partial charge in [-0.25, -0.2) is 14.6 Å². The van der Waals surface area contributed by atoms with E-state index in [1.165, 1.54) is 24.3 Å². The molecule has 4 aliphatic heterocycles. The first-order valence-electron chi connectivity index (χ1n) is 10.9. The minimum Gasteiger partial charge on any atom is -0.432 e. The summed E-state index contributed by atoms with van der Waals surface area (Å²) < 4.78 is 18.2. The highest BCUT2D eigenvalue weighted by molar-refractivity contribution is 5.90. The van der Waals surface area contributed by atoms with Crippen LogP contribution in [0, 0.1) is 33.8 Å². The van der Waals surface area contributed by atoms with E-state index < -0.39 is 34.9 Å². The summed E-state index contributed by atoms with van der Waals surface area (Å²) in [5.41, 5.74) is -0.796. The van der Waals surface area contributed by atoms with Crippen LogP contribution in [0.1, 0.15) is 56.8 Å². The summed E-state index contributed by atoms with van der Waals surface area (Å²) in [7, 11) is 0. The van der Waals surface area contributed by atoms with Crippen molar-refractivity contribution in [2.45, 2.75) is 70.4 Å². The Kier molecular flexibility index (Phi) is 4.85. The molecule has 4 saturated heterocycles. The van der Waals surface area contributed by atoms with Crippen LogP contribution in [0.4, 0.5) is 5.69 Å². The maximum atomic E-state index is 12.8. The molecule has 1 spiro atoms. The van der Waals surface area contributed by atoms with Crippen LogP contribution in [0.15, 0.2) is 24.3 Å². The lowest BCUT2D eigenvalue weighted by molar-refractivity contribution is -0.576. The molecule has 0 radical (unpaired) electrons. The molecule has 168 valence electrons. The van der Waals surface area contributed by atoms with E-state index in [2.05, 4.69) is 6.92 Å². The number of esters is 1. The van der Waals surface area contributed by atoms with Gasteiger partial charge in [0.05, 0.1) is 10.5 Å². The minimum absolute atomic E-state index is 0.0259. The van der Waals surface area contributed by atoms with Gasteiger partial charge in [0, 0.05) is 30.4 Å². The van der Waals surface area contributed by atoms with Crippen molar-refractivity contribution in [3.05, 3.63) is 39.9 Å². The van der Waals surface area contributed by atoms with E-state index in [1.807, 2.05) is 13.8 Å². The summed E-state index contributed by atoms with van der Waals surface area (Å²) in [6.45, 7) is 6.05. The van der Waals surface area contributed by atoms with Gasteiger partial charge in [-0.1, -0.05) is 19.9 Å². The molecule has 5 aliphatic rings. The topological polar surface area (TPSA) is 106 Å². The molecule has 0 aromatic heterocycles. The van der Waals surface area contributed by atoms with Gasteiger partial charge < -0.3 is 14.2 Å². The Morgan fingerprint density at radius 1 is 1.19 bits per heavy atom. The van der Waals surface area contributed by atoms with E-state index in [0.717, 1.165) is 19.3 Å². The predicted octanol–water partition coefficient (Wildman–Crippen LogP) is 3.96. The van der Waals surface area contributed by atoms with E-state index in [1.54, 1.807) is 0 Å². The Labute approximate surface area is 180 Å². The molecule has 5 fully saturated rings. The Bertz CT molecular complexity index is 907. The number of nitro benzene ring substituents is 1. The number of nitro groups is 1. The first kappa shape index (κ1) is 20.8. The summed E-state index contributed by atoms with van der Waals surface area (Å²) in [4.78, 5) is 35.1. The van der Waals surface area contributed by atoms with Crippen molar-refractivity contribution in [1.82, 2.24) is 0 Å². The van der Waals surface area contributed by atoms with E-state index in [9.17, 15) is 14.9 Å². The van der Waals surface area contributed by atoms with Gasteiger partial charge in [-0.2, -0.15) is 0 Å². The molecule has 1 aromatic carbocycles.